The van der Waals surface area contributed by atoms with Gasteiger partial charge in [-0.2, -0.15) is 0 Å². The molecule has 7 heteroatoms. The molecule has 0 fully saturated rings. The first-order valence-electron chi connectivity index (χ1n) is 8.23. The molecule has 1 aliphatic rings. The second-order valence-corrected chi connectivity index (χ2v) is 6.39. The maximum atomic E-state index is 12.4. The molecule has 0 saturated carbocycles. The Kier molecular flexibility index (Phi) is 4.67. The second-order valence-electron chi connectivity index (χ2n) is 6.01. The molecule has 0 aliphatic carbocycles. The van der Waals surface area contributed by atoms with Crippen LogP contribution in [0.3, 0.4) is 0 Å². The predicted molar refractivity (Wildman–Crippen MR) is 96.4 cm³/mol. The minimum atomic E-state index is -0.282. The summed E-state index contributed by atoms with van der Waals surface area (Å²) in [5, 5.41) is 0. The number of amides is 2. The summed E-state index contributed by atoms with van der Waals surface area (Å²) in [5.74, 6) is -0.564. The van der Waals surface area contributed by atoms with E-state index < -0.39 is 0 Å². The van der Waals surface area contributed by atoms with Crippen molar-refractivity contribution in [3.63, 3.8) is 0 Å². The van der Waals surface area contributed by atoms with Gasteiger partial charge in [0.2, 0.25) is 0 Å². The highest BCUT2D eigenvalue weighted by Gasteiger charge is 2.34. The number of carbonyl (C=O) groups excluding carboxylic acids is 2. The highest BCUT2D eigenvalue weighted by molar-refractivity contribution is 7.71. The number of nitrogens with one attached hydrogen (secondary N) is 1. The summed E-state index contributed by atoms with van der Waals surface area (Å²) in [6.07, 6.45) is 1.17. The third kappa shape index (κ3) is 2.95. The van der Waals surface area contributed by atoms with E-state index in [1.807, 2.05) is 6.92 Å². The van der Waals surface area contributed by atoms with E-state index >= 15 is 0 Å². The molecule has 0 bridgehead atoms. The van der Waals surface area contributed by atoms with Crippen molar-refractivity contribution in [2.45, 2.75) is 33.2 Å². The van der Waals surface area contributed by atoms with E-state index in [-0.39, 0.29) is 23.9 Å². The van der Waals surface area contributed by atoms with Crippen molar-refractivity contribution in [2.75, 3.05) is 6.54 Å². The van der Waals surface area contributed by atoms with Gasteiger partial charge in [-0.15, -0.1) is 0 Å². The molecule has 1 aromatic carbocycles. The lowest BCUT2D eigenvalue weighted by molar-refractivity contribution is 0.0650. The van der Waals surface area contributed by atoms with Crippen molar-refractivity contribution >= 4 is 24.0 Å². The molecule has 3 rings (SSSR count). The van der Waals surface area contributed by atoms with E-state index in [1.54, 1.807) is 31.2 Å². The van der Waals surface area contributed by atoms with Crippen LogP contribution in [0.2, 0.25) is 0 Å². The molecule has 0 spiro atoms. The summed E-state index contributed by atoms with van der Waals surface area (Å²) in [4.78, 5) is 41.4. The molecular weight excluding hydrogens is 338 g/mol. The van der Waals surface area contributed by atoms with Gasteiger partial charge in [0.05, 0.1) is 11.1 Å². The first kappa shape index (κ1) is 17.3. The number of carbonyl (C=O) groups is 2. The highest BCUT2D eigenvalue weighted by atomic mass is 32.1. The SMILES string of the molecule is CCc1[nH]c(=S)n(CCCN2C(=O)c3ccccc3C2=O)c(=O)c1C. The summed E-state index contributed by atoms with van der Waals surface area (Å²) >= 11 is 5.26. The van der Waals surface area contributed by atoms with E-state index in [1.165, 1.54) is 9.47 Å². The van der Waals surface area contributed by atoms with Crippen LogP contribution < -0.4 is 5.56 Å². The zero-order valence-corrected chi connectivity index (χ0v) is 15.0. The Hall–Kier alpha value is -2.54. The summed E-state index contributed by atoms with van der Waals surface area (Å²) in [6.45, 7) is 4.33. The number of nitrogens with zero attached hydrogens (tertiary/aromatic N) is 2. The number of H-pyrrole nitrogens is 1. The van der Waals surface area contributed by atoms with Crippen LogP contribution >= 0.6 is 12.2 Å². The van der Waals surface area contributed by atoms with E-state index in [4.69, 9.17) is 12.2 Å². The molecular formula is C18H19N3O3S. The molecule has 1 N–H and O–H groups in total. The topological polar surface area (TPSA) is 75.2 Å². The predicted octanol–water partition coefficient (Wildman–Crippen LogP) is 2.46. The number of aromatic amines is 1. The zero-order valence-electron chi connectivity index (χ0n) is 14.2. The Balaban J connectivity index is 1.74. The molecule has 0 atom stereocenters. The molecule has 25 heavy (non-hydrogen) atoms. The first-order valence-corrected chi connectivity index (χ1v) is 8.64. The highest BCUT2D eigenvalue weighted by Crippen LogP contribution is 2.22. The molecule has 1 aromatic heterocycles. The van der Waals surface area contributed by atoms with Gasteiger partial charge in [-0.1, -0.05) is 19.1 Å². The Bertz CT molecular complexity index is 939. The summed E-state index contributed by atoms with van der Waals surface area (Å²) < 4.78 is 1.86. The Labute approximate surface area is 150 Å². The lowest BCUT2D eigenvalue weighted by Gasteiger charge is -2.15. The van der Waals surface area contributed by atoms with Crippen LogP contribution in [0.5, 0.6) is 0 Å². The number of fused-ring (bicyclic) bond motifs is 1. The van der Waals surface area contributed by atoms with Gasteiger partial charge < -0.3 is 4.98 Å². The van der Waals surface area contributed by atoms with Crippen LogP contribution in [0.4, 0.5) is 0 Å². The van der Waals surface area contributed by atoms with E-state index in [0.717, 1.165) is 5.69 Å². The van der Waals surface area contributed by atoms with Crippen molar-refractivity contribution in [2.24, 2.45) is 0 Å². The number of imide groups is 1. The normalized spacial score (nSPS) is 13.4. The Morgan fingerprint density at radius 3 is 2.20 bits per heavy atom. The molecule has 2 amide bonds. The van der Waals surface area contributed by atoms with Crippen molar-refractivity contribution in [1.82, 2.24) is 14.5 Å². The smallest absolute Gasteiger partial charge is 0.261 e. The van der Waals surface area contributed by atoms with Gasteiger partial charge in [0, 0.05) is 24.3 Å². The third-order valence-electron chi connectivity index (χ3n) is 4.52. The molecule has 6 nitrogen and oxygen atoms in total. The molecule has 2 aromatic rings. The van der Waals surface area contributed by atoms with Gasteiger partial charge in [0.15, 0.2) is 4.77 Å². The largest absolute Gasteiger partial charge is 0.335 e. The number of aryl methyl sites for hydroxylation is 1. The average molecular weight is 357 g/mol. The lowest BCUT2D eigenvalue weighted by Crippen LogP contribution is -2.33. The molecule has 2 heterocycles. The summed E-state index contributed by atoms with van der Waals surface area (Å²) in [6, 6.07) is 6.79. The van der Waals surface area contributed by atoms with Gasteiger partial charge in [-0.3, -0.25) is 23.9 Å². The van der Waals surface area contributed by atoms with E-state index in [9.17, 15) is 14.4 Å². The van der Waals surface area contributed by atoms with Gasteiger partial charge >= 0.3 is 0 Å². The molecule has 1 aliphatic heterocycles. The van der Waals surface area contributed by atoms with Gasteiger partial charge in [-0.05, 0) is 44.1 Å². The zero-order chi connectivity index (χ0) is 18.1. The monoisotopic (exact) mass is 357 g/mol. The Morgan fingerprint density at radius 2 is 1.64 bits per heavy atom. The van der Waals surface area contributed by atoms with Crippen LogP contribution in [0.1, 0.15) is 45.3 Å². The fourth-order valence-electron chi connectivity index (χ4n) is 3.10. The van der Waals surface area contributed by atoms with E-state index in [0.29, 0.717) is 40.8 Å². The molecule has 0 radical (unpaired) electrons. The fourth-order valence-corrected chi connectivity index (χ4v) is 3.40. The number of benzene rings is 1. The van der Waals surface area contributed by atoms with Crippen LogP contribution in [0, 0.1) is 11.7 Å². The van der Waals surface area contributed by atoms with Crippen LogP contribution in [-0.2, 0) is 13.0 Å². The minimum absolute atomic E-state index is 0.122. The number of aromatic nitrogens is 2. The fraction of sp³-hybridized carbons (Fsp3) is 0.333. The maximum Gasteiger partial charge on any atom is 0.261 e. The quantitative estimate of drug-likeness (QED) is 0.659. The lowest BCUT2D eigenvalue weighted by atomic mass is 10.1. The molecule has 0 saturated heterocycles. The van der Waals surface area contributed by atoms with Crippen molar-refractivity contribution in [3.05, 3.63) is 61.8 Å². The van der Waals surface area contributed by atoms with Gasteiger partial charge in [-0.25, -0.2) is 0 Å². The number of hydrogen-bond acceptors (Lipinski definition) is 4. The summed E-state index contributed by atoms with van der Waals surface area (Å²) in [7, 11) is 0. The maximum absolute atomic E-state index is 12.4. The third-order valence-corrected chi connectivity index (χ3v) is 4.84. The van der Waals surface area contributed by atoms with Crippen molar-refractivity contribution in [1.29, 1.82) is 0 Å². The number of hydrogen-bond donors (Lipinski definition) is 1. The van der Waals surface area contributed by atoms with Gasteiger partial charge in [0.25, 0.3) is 17.4 Å². The van der Waals surface area contributed by atoms with Crippen LogP contribution in [0.15, 0.2) is 29.1 Å². The standard InChI is InChI=1S/C18H19N3O3S/c1-3-14-11(2)15(22)21(18(25)19-14)10-6-9-20-16(23)12-7-4-5-8-13(12)17(20)24/h4-5,7-8H,3,6,9-10H2,1-2H3,(H,19,25). The Morgan fingerprint density at radius 1 is 1.04 bits per heavy atom. The number of rotatable bonds is 5. The average Bonchev–Trinajstić information content (AvgIpc) is 2.86. The van der Waals surface area contributed by atoms with Gasteiger partial charge in [0.1, 0.15) is 0 Å². The second kappa shape index (κ2) is 6.76. The van der Waals surface area contributed by atoms with Crippen LogP contribution in [0.25, 0.3) is 0 Å². The van der Waals surface area contributed by atoms with Crippen LogP contribution in [-0.4, -0.2) is 32.8 Å². The van der Waals surface area contributed by atoms with Crippen molar-refractivity contribution < 1.29 is 9.59 Å². The first-order chi connectivity index (χ1) is 12.0. The minimum Gasteiger partial charge on any atom is -0.335 e. The summed E-state index contributed by atoms with van der Waals surface area (Å²) in [5.41, 5.74) is 2.24. The van der Waals surface area contributed by atoms with Crippen molar-refractivity contribution in [3.8, 4) is 0 Å². The molecule has 130 valence electrons. The van der Waals surface area contributed by atoms with E-state index in [2.05, 4.69) is 4.98 Å². The molecule has 0 unspecified atom stereocenters.